The van der Waals surface area contributed by atoms with E-state index in [0.717, 1.165) is 0 Å². The highest BCUT2D eigenvalue weighted by atomic mass is 19.4. The van der Waals surface area contributed by atoms with Gasteiger partial charge < -0.3 is 15.8 Å². The van der Waals surface area contributed by atoms with E-state index in [1.807, 2.05) is 0 Å². The van der Waals surface area contributed by atoms with E-state index in [1.54, 1.807) is 24.3 Å². The van der Waals surface area contributed by atoms with Crippen molar-refractivity contribution in [3.8, 4) is 0 Å². The zero-order valence-corrected chi connectivity index (χ0v) is 11.0. The van der Waals surface area contributed by atoms with E-state index in [-0.39, 0.29) is 13.0 Å². The second kappa shape index (κ2) is 7.25. The first-order valence-corrected chi connectivity index (χ1v) is 6.03. The van der Waals surface area contributed by atoms with E-state index >= 15 is 0 Å². The Morgan fingerprint density at radius 3 is 2.45 bits per heavy atom. The zero-order valence-electron chi connectivity index (χ0n) is 11.0. The van der Waals surface area contributed by atoms with Crippen LogP contribution < -0.4 is 11.1 Å². The molecule has 3 N–H and O–H groups in total. The molecule has 1 aromatic rings. The second-order valence-electron chi connectivity index (χ2n) is 4.36. The van der Waals surface area contributed by atoms with Crippen molar-refractivity contribution in [2.45, 2.75) is 25.1 Å². The number of anilines is 1. The van der Waals surface area contributed by atoms with Gasteiger partial charge in [0.25, 0.3) is 0 Å². The van der Waals surface area contributed by atoms with Crippen LogP contribution in [0.15, 0.2) is 24.3 Å². The summed E-state index contributed by atoms with van der Waals surface area (Å²) in [5, 5.41) is 2.56. The molecule has 0 aliphatic rings. The Morgan fingerprint density at radius 1 is 1.35 bits per heavy atom. The lowest BCUT2D eigenvalue weighted by Gasteiger charge is -2.12. The van der Waals surface area contributed by atoms with Gasteiger partial charge in [0.1, 0.15) is 6.04 Å². The van der Waals surface area contributed by atoms with Crippen LogP contribution in [-0.4, -0.2) is 31.8 Å². The van der Waals surface area contributed by atoms with Crippen molar-refractivity contribution < 1.29 is 22.7 Å². The summed E-state index contributed by atoms with van der Waals surface area (Å²) < 4.78 is 41.0. The van der Waals surface area contributed by atoms with E-state index in [1.165, 1.54) is 7.11 Å². The third-order valence-corrected chi connectivity index (χ3v) is 2.60. The number of nitrogens with two attached hydrogens (primary N) is 1. The molecule has 7 heteroatoms. The van der Waals surface area contributed by atoms with Gasteiger partial charge in [-0.1, -0.05) is 12.1 Å². The molecule has 0 saturated carbocycles. The van der Waals surface area contributed by atoms with Gasteiger partial charge in [-0.25, -0.2) is 0 Å². The number of hydrogen-bond acceptors (Lipinski definition) is 3. The minimum atomic E-state index is -4.17. The first kappa shape index (κ1) is 16.5. The highest BCUT2D eigenvalue weighted by Gasteiger charge is 2.26. The number of benzene rings is 1. The lowest BCUT2D eigenvalue weighted by atomic mass is 10.1. The first-order chi connectivity index (χ1) is 9.31. The van der Waals surface area contributed by atoms with E-state index in [9.17, 15) is 18.0 Å². The largest absolute Gasteiger partial charge is 0.389 e. The summed E-state index contributed by atoms with van der Waals surface area (Å²) in [7, 11) is 1.43. The summed E-state index contributed by atoms with van der Waals surface area (Å²) in [6, 6.07) is 5.39. The van der Waals surface area contributed by atoms with E-state index in [2.05, 4.69) is 5.32 Å². The van der Waals surface area contributed by atoms with Gasteiger partial charge in [0.15, 0.2) is 0 Å². The van der Waals surface area contributed by atoms with E-state index < -0.39 is 24.5 Å². The van der Waals surface area contributed by atoms with Crippen LogP contribution in [0.2, 0.25) is 0 Å². The van der Waals surface area contributed by atoms with E-state index in [0.29, 0.717) is 11.3 Å². The molecule has 0 bridgehead atoms. The molecule has 4 nitrogen and oxygen atoms in total. The monoisotopic (exact) mass is 290 g/mol. The molecule has 0 aliphatic carbocycles. The fourth-order valence-corrected chi connectivity index (χ4v) is 1.53. The summed E-state index contributed by atoms with van der Waals surface area (Å²) in [5.41, 5.74) is 6.58. The summed E-state index contributed by atoms with van der Waals surface area (Å²) in [5.74, 6) is -0.408. The molecule has 0 aliphatic heterocycles. The van der Waals surface area contributed by atoms with Crippen molar-refractivity contribution in [1.82, 2.24) is 0 Å². The fraction of sp³-hybridized carbons (Fsp3) is 0.462. The minimum absolute atomic E-state index is 0.0824. The second-order valence-corrected chi connectivity index (χ2v) is 4.36. The van der Waals surface area contributed by atoms with Gasteiger partial charge >= 0.3 is 6.18 Å². The number of hydrogen-bond donors (Lipinski definition) is 2. The third-order valence-electron chi connectivity index (χ3n) is 2.60. The van der Waals surface area contributed by atoms with Gasteiger partial charge in [0.2, 0.25) is 5.91 Å². The van der Waals surface area contributed by atoms with Crippen LogP contribution >= 0.6 is 0 Å². The van der Waals surface area contributed by atoms with Crippen molar-refractivity contribution >= 4 is 11.6 Å². The van der Waals surface area contributed by atoms with Gasteiger partial charge in [-0.05, 0) is 24.1 Å². The van der Waals surface area contributed by atoms with Crippen molar-refractivity contribution in [3.63, 3.8) is 0 Å². The Kier molecular flexibility index (Phi) is 5.97. The number of aryl methyl sites for hydroxylation is 1. The molecule has 0 saturated heterocycles. The average Bonchev–Trinajstić information content (AvgIpc) is 2.37. The molecule has 0 spiro atoms. The summed E-state index contributed by atoms with van der Waals surface area (Å²) >= 11 is 0. The highest BCUT2D eigenvalue weighted by Crippen LogP contribution is 2.22. The topological polar surface area (TPSA) is 64.3 Å². The molecule has 0 heterocycles. The first-order valence-electron chi connectivity index (χ1n) is 6.03. The molecule has 20 heavy (non-hydrogen) atoms. The van der Waals surface area contributed by atoms with Crippen molar-refractivity contribution in [3.05, 3.63) is 29.8 Å². The summed E-state index contributed by atoms with van der Waals surface area (Å²) in [6.45, 7) is 0.0928. The molecule has 1 rings (SSSR count). The number of ether oxygens (including phenoxy) is 1. The normalized spacial score (nSPS) is 13.1. The maximum Gasteiger partial charge on any atom is 0.389 e. The molecule has 0 aromatic heterocycles. The Bertz CT molecular complexity index is 432. The van der Waals surface area contributed by atoms with Crippen LogP contribution in [0, 0.1) is 0 Å². The van der Waals surface area contributed by atoms with Crippen LogP contribution in [0.25, 0.3) is 0 Å². The minimum Gasteiger partial charge on any atom is -0.383 e. The Balaban J connectivity index is 2.52. The average molecular weight is 290 g/mol. The molecule has 1 amide bonds. The van der Waals surface area contributed by atoms with Crippen LogP contribution in [0.5, 0.6) is 0 Å². The fourth-order valence-electron chi connectivity index (χ4n) is 1.53. The number of halogens is 3. The molecule has 1 atom stereocenters. The predicted molar refractivity (Wildman–Crippen MR) is 69.3 cm³/mol. The predicted octanol–water partition coefficient (Wildman–Crippen LogP) is 2.09. The number of nitrogens with one attached hydrogen (secondary N) is 1. The Morgan fingerprint density at radius 2 is 1.95 bits per heavy atom. The van der Waals surface area contributed by atoms with E-state index in [4.69, 9.17) is 10.5 Å². The van der Waals surface area contributed by atoms with Gasteiger partial charge in [-0.15, -0.1) is 0 Å². The number of carbonyl (C=O) groups excluding carboxylic acids is 1. The van der Waals surface area contributed by atoms with Gasteiger partial charge in [-0.3, -0.25) is 4.79 Å². The lowest BCUT2D eigenvalue weighted by Crippen LogP contribution is -2.39. The molecule has 0 fully saturated rings. The zero-order chi connectivity index (χ0) is 15.2. The lowest BCUT2D eigenvalue weighted by molar-refractivity contribution is -0.134. The maximum atomic E-state index is 12.1. The van der Waals surface area contributed by atoms with Gasteiger partial charge in [0.05, 0.1) is 6.61 Å². The number of carbonyl (C=O) groups is 1. The number of alkyl halides is 3. The van der Waals surface area contributed by atoms with Crippen LogP contribution in [-0.2, 0) is 16.0 Å². The number of rotatable bonds is 6. The van der Waals surface area contributed by atoms with Crippen molar-refractivity contribution in [2.75, 3.05) is 19.0 Å². The quantitative estimate of drug-likeness (QED) is 0.843. The highest BCUT2D eigenvalue weighted by molar-refractivity contribution is 5.94. The molecular formula is C13H17F3N2O2. The smallest absolute Gasteiger partial charge is 0.383 e. The molecular weight excluding hydrogens is 273 g/mol. The molecule has 112 valence electrons. The van der Waals surface area contributed by atoms with Crippen LogP contribution in [0.1, 0.15) is 12.0 Å². The van der Waals surface area contributed by atoms with Crippen LogP contribution in [0.3, 0.4) is 0 Å². The number of methoxy groups -OCH3 is 1. The molecule has 0 radical (unpaired) electrons. The Labute approximate surface area is 115 Å². The summed E-state index contributed by atoms with van der Waals surface area (Å²) in [4.78, 5) is 11.6. The number of amides is 1. The van der Waals surface area contributed by atoms with Crippen molar-refractivity contribution in [2.24, 2.45) is 5.73 Å². The molecule has 1 aromatic carbocycles. The van der Waals surface area contributed by atoms with Gasteiger partial charge in [0, 0.05) is 19.2 Å². The van der Waals surface area contributed by atoms with Crippen molar-refractivity contribution in [1.29, 1.82) is 0 Å². The third kappa shape index (κ3) is 6.03. The standard InChI is InChI=1S/C13H17F3N2O2/c1-20-8-11(17)12(19)18-10-4-2-9(3-5-10)6-7-13(14,15)16/h2-5,11H,6-8,17H2,1H3,(H,18,19). The summed E-state index contributed by atoms with van der Waals surface area (Å²) in [6.07, 6.45) is -5.11. The molecule has 1 unspecified atom stereocenters. The SMILES string of the molecule is COCC(N)C(=O)Nc1ccc(CCC(F)(F)F)cc1. The Hall–Kier alpha value is -1.60. The maximum absolute atomic E-state index is 12.1. The van der Waals surface area contributed by atoms with Crippen LogP contribution in [0.4, 0.5) is 18.9 Å². The van der Waals surface area contributed by atoms with Gasteiger partial charge in [-0.2, -0.15) is 13.2 Å².